The highest BCUT2D eigenvalue weighted by Gasteiger charge is 2.36. The number of aromatic hydroxyl groups is 2. The second-order valence-electron chi connectivity index (χ2n) is 8.44. The number of fused-ring (bicyclic) bond motifs is 4. The second kappa shape index (κ2) is 8.72. The molecule has 0 saturated heterocycles. The van der Waals surface area contributed by atoms with Gasteiger partial charge in [-0.3, -0.25) is 4.90 Å². The molecule has 3 aromatic carbocycles. The highest BCUT2D eigenvalue weighted by atomic mass is 79.9. The van der Waals surface area contributed by atoms with Crippen LogP contribution in [0.2, 0.25) is 0 Å². The fraction of sp³-hybridized carbons (Fsp3) is 0.269. The maximum Gasteiger partial charge on any atom is 0.414 e. The van der Waals surface area contributed by atoms with Crippen molar-refractivity contribution in [3.63, 3.8) is 0 Å². The van der Waals surface area contributed by atoms with E-state index >= 15 is 0 Å². The van der Waals surface area contributed by atoms with Crippen LogP contribution >= 0.6 is 15.9 Å². The Bertz CT molecular complexity index is 1180. The Hall–Kier alpha value is -3.03. The number of hydrogen-bond acceptors (Lipinski definition) is 5. The molecule has 3 N–H and O–H groups in total. The van der Waals surface area contributed by atoms with Gasteiger partial charge in [-0.15, -0.1) is 0 Å². The summed E-state index contributed by atoms with van der Waals surface area (Å²) >= 11 is 3.37. The van der Waals surface area contributed by atoms with Gasteiger partial charge in [0, 0.05) is 30.7 Å². The molecule has 5 rings (SSSR count). The zero-order valence-electron chi connectivity index (χ0n) is 17.9. The van der Waals surface area contributed by atoms with Gasteiger partial charge in [-0.2, -0.15) is 0 Å². The fourth-order valence-electron chi connectivity index (χ4n) is 5.14. The molecule has 2 aliphatic rings. The third-order valence-electron chi connectivity index (χ3n) is 6.65. The van der Waals surface area contributed by atoms with Gasteiger partial charge in [0.05, 0.1) is 10.2 Å². The molecule has 1 heterocycles. The summed E-state index contributed by atoms with van der Waals surface area (Å²) in [6, 6.07) is 17.6. The molecule has 1 aliphatic carbocycles. The van der Waals surface area contributed by atoms with Crippen molar-refractivity contribution in [2.24, 2.45) is 0 Å². The van der Waals surface area contributed by atoms with Crippen molar-refractivity contribution in [3.05, 3.63) is 75.8 Å². The summed E-state index contributed by atoms with van der Waals surface area (Å²) in [5.41, 5.74) is 5.50. The lowest BCUT2D eigenvalue weighted by atomic mass is 9.87. The summed E-state index contributed by atoms with van der Waals surface area (Å²) in [7, 11) is 0. The molecular formula is C26H24BrNO5. The molecule has 0 radical (unpaired) electrons. The Kier molecular flexibility index (Phi) is 5.76. The SMILES string of the molecule is O=C(OCC1c2ccccc2-c2ccccc21)N1CC[C@@H](CCO)c2c(O)cc(O)c(Br)c21. The molecular weight excluding hydrogens is 486 g/mol. The van der Waals surface area contributed by atoms with Gasteiger partial charge in [0.1, 0.15) is 18.1 Å². The van der Waals surface area contributed by atoms with Crippen LogP contribution in [0.5, 0.6) is 11.5 Å². The van der Waals surface area contributed by atoms with Gasteiger partial charge < -0.3 is 20.1 Å². The number of rotatable bonds is 4. The minimum atomic E-state index is -0.536. The summed E-state index contributed by atoms with van der Waals surface area (Å²) in [4.78, 5) is 14.7. The van der Waals surface area contributed by atoms with Crippen molar-refractivity contribution >= 4 is 27.7 Å². The van der Waals surface area contributed by atoms with Crippen LogP contribution in [-0.4, -0.2) is 41.2 Å². The van der Waals surface area contributed by atoms with Gasteiger partial charge in [-0.05, 0) is 56.9 Å². The molecule has 7 heteroatoms. The third kappa shape index (κ3) is 3.65. The highest BCUT2D eigenvalue weighted by Crippen LogP contribution is 2.50. The number of phenolic OH excluding ortho intramolecular Hbond substituents is 2. The van der Waals surface area contributed by atoms with Crippen LogP contribution in [0.15, 0.2) is 59.1 Å². The van der Waals surface area contributed by atoms with E-state index < -0.39 is 6.09 Å². The monoisotopic (exact) mass is 509 g/mol. The van der Waals surface area contributed by atoms with E-state index in [0.717, 1.165) is 22.3 Å². The number of carbonyl (C=O) groups is 1. The first-order chi connectivity index (χ1) is 16.0. The summed E-state index contributed by atoms with van der Waals surface area (Å²) < 4.78 is 6.14. The number of aliphatic hydroxyl groups excluding tert-OH is 1. The van der Waals surface area contributed by atoms with Gasteiger partial charge in [0.15, 0.2) is 0 Å². The van der Waals surface area contributed by atoms with E-state index in [-0.39, 0.29) is 36.5 Å². The number of benzene rings is 3. The van der Waals surface area contributed by atoms with Crippen LogP contribution in [0.25, 0.3) is 11.1 Å². The topological polar surface area (TPSA) is 90.2 Å². The van der Waals surface area contributed by atoms with Crippen molar-refractivity contribution in [3.8, 4) is 22.6 Å². The number of carbonyl (C=O) groups excluding carboxylic acids is 1. The van der Waals surface area contributed by atoms with E-state index in [2.05, 4.69) is 40.2 Å². The number of nitrogens with zero attached hydrogens (tertiary/aromatic N) is 1. The Morgan fingerprint density at radius 1 is 1.03 bits per heavy atom. The van der Waals surface area contributed by atoms with Crippen molar-refractivity contribution in [1.29, 1.82) is 0 Å². The van der Waals surface area contributed by atoms with Crippen molar-refractivity contribution in [2.45, 2.75) is 24.7 Å². The number of halogens is 1. The van der Waals surface area contributed by atoms with Crippen LogP contribution in [0.4, 0.5) is 10.5 Å². The molecule has 0 saturated carbocycles. The lowest BCUT2D eigenvalue weighted by Crippen LogP contribution is -2.38. The predicted octanol–water partition coefficient (Wildman–Crippen LogP) is 5.49. The molecule has 1 aliphatic heterocycles. The van der Waals surface area contributed by atoms with Gasteiger partial charge in [0.25, 0.3) is 0 Å². The third-order valence-corrected chi connectivity index (χ3v) is 7.43. The first-order valence-corrected chi connectivity index (χ1v) is 11.8. The van der Waals surface area contributed by atoms with Gasteiger partial charge in [-0.1, -0.05) is 48.5 Å². The number of anilines is 1. The van der Waals surface area contributed by atoms with Crippen LogP contribution in [0.3, 0.4) is 0 Å². The fourth-order valence-corrected chi connectivity index (χ4v) is 5.68. The lowest BCUT2D eigenvalue weighted by molar-refractivity contribution is 0.149. The zero-order chi connectivity index (χ0) is 23.1. The molecule has 6 nitrogen and oxygen atoms in total. The maximum absolute atomic E-state index is 13.3. The summed E-state index contributed by atoms with van der Waals surface area (Å²) in [5, 5.41) is 30.2. The Morgan fingerprint density at radius 2 is 1.67 bits per heavy atom. The number of hydrogen-bond donors (Lipinski definition) is 3. The molecule has 170 valence electrons. The molecule has 0 unspecified atom stereocenters. The Labute approximate surface area is 200 Å². The summed E-state index contributed by atoms with van der Waals surface area (Å²) in [6.07, 6.45) is 0.491. The molecule has 0 spiro atoms. The van der Waals surface area contributed by atoms with E-state index in [0.29, 0.717) is 35.1 Å². The zero-order valence-corrected chi connectivity index (χ0v) is 19.5. The number of aliphatic hydroxyl groups is 1. The Balaban J connectivity index is 1.43. The van der Waals surface area contributed by atoms with Gasteiger partial charge >= 0.3 is 6.09 Å². The van der Waals surface area contributed by atoms with E-state index in [1.807, 2.05) is 24.3 Å². The van der Waals surface area contributed by atoms with E-state index in [1.54, 1.807) is 0 Å². The van der Waals surface area contributed by atoms with E-state index in [9.17, 15) is 20.1 Å². The Morgan fingerprint density at radius 3 is 2.30 bits per heavy atom. The van der Waals surface area contributed by atoms with Crippen LogP contribution in [0.1, 0.15) is 41.4 Å². The molecule has 1 amide bonds. The molecule has 0 aromatic heterocycles. The largest absolute Gasteiger partial charge is 0.507 e. The van der Waals surface area contributed by atoms with Crippen molar-refractivity contribution in [1.82, 2.24) is 0 Å². The standard InChI is InChI=1S/C26H24BrNO5/c27-24-22(31)13-21(30)23-15(10-12-29)9-11-28(25(23)24)26(32)33-14-20-18-7-3-1-5-16(18)17-6-2-4-8-19(17)20/h1-8,13,15,20,29-31H,9-12,14H2/t15-/m0/s1. The minimum absolute atomic E-state index is 0.0347. The molecule has 0 bridgehead atoms. The van der Waals surface area contributed by atoms with E-state index in [1.165, 1.54) is 11.0 Å². The van der Waals surface area contributed by atoms with E-state index in [4.69, 9.17) is 4.74 Å². The average molecular weight is 510 g/mol. The highest BCUT2D eigenvalue weighted by molar-refractivity contribution is 9.10. The number of phenols is 2. The average Bonchev–Trinajstić information content (AvgIpc) is 3.14. The molecule has 33 heavy (non-hydrogen) atoms. The smallest absolute Gasteiger partial charge is 0.414 e. The minimum Gasteiger partial charge on any atom is -0.507 e. The number of amides is 1. The van der Waals surface area contributed by atoms with Crippen molar-refractivity contribution in [2.75, 3.05) is 24.7 Å². The molecule has 3 aromatic rings. The number of ether oxygens (including phenoxy) is 1. The van der Waals surface area contributed by atoms with Crippen LogP contribution in [-0.2, 0) is 4.74 Å². The van der Waals surface area contributed by atoms with Crippen LogP contribution < -0.4 is 4.90 Å². The lowest BCUT2D eigenvalue weighted by Gasteiger charge is -2.35. The summed E-state index contributed by atoms with van der Waals surface area (Å²) in [6.45, 7) is 0.504. The predicted molar refractivity (Wildman–Crippen MR) is 129 cm³/mol. The molecule has 0 fully saturated rings. The molecule has 1 atom stereocenters. The van der Waals surface area contributed by atoms with Crippen molar-refractivity contribution < 1.29 is 24.9 Å². The quantitative estimate of drug-likeness (QED) is 0.432. The van der Waals surface area contributed by atoms with Gasteiger partial charge in [-0.25, -0.2) is 4.79 Å². The normalized spacial score (nSPS) is 16.8. The summed E-state index contributed by atoms with van der Waals surface area (Å²) in [5.74, 6) is -0.444. The maximum atomic E-state index is 13.3. The first-order valence-electron chi connectivity index (χ1n) is 11.0. The second-order valence-corrected chi connectivity index (χ2v) is 9.24. The van der Waals surface area contributed by atoms with Crippen LogP contribution in [0, 0.1) is 0 Å². The van der Waals surface area contributed by atoms with Gasteiger partial charge in [0.2, 0.25) is 0 Å². The first kappa shape index (κ1) is 21.8.